The Labute approximate surface area is 123 Å². The highest BCUT2D eigenvalue weighted by Gasteiger charge is 2.32. The molecule has 0 saturated carbocycles. The molecule has 1 atom stereocenters. The number of carbonyl (C=O) groups is 1. The van der Waals surface area contributed by atoms with Crippen molar-refractivity contribution in [3.05, 3.63) is 38.3 Å². The molecular weight excluding hydrogens is 332 g/mol. The number of non-ortho nitro benzene ring substituents is 1. The summed E-state index contributed by atoms with van der Waals surface area (Å²) >= 11 is 3.18. The third-order valence-electron chi connectivity index (χ3n) is 3.07. The molecule has 0 aliphatic carbocycles. The summed E-state index contributed by atoms with van der Waals surface area (Å²) in [5.41, 5.74) is -1.08. The number of nitrogens with one attached hydrogen (secondary N) is 1. The third kappa shape index (κ3) is 3.33. The zero-order valence-corrected chi connectivity index (χ0v) is 12.1. The van der Waals surface area contributed by atoms with E-state index < -0.39 is 16.4 Å². The minimum absolute atomic E-state index is 0.0426. The van der Waals surface area contributed by atoms with Gasteiger partial charge in [-0.15, -0.1) is 0 Å². The van der Waals surface area contributed by atoms with Gasteiger partial charge in [0, 0.05) is 36.2 Å². The molecule has 1 aliphatic heterocycles. The summed E-state index contributed by atoms with van der Waals surface area (Å²) in [6, 6.07) is 3.94. The molecule has 1 saturated heterocycles. The van der Waals surface area contributed by atoms with Gasteiger partial charge in [-0.2, -0.15) is 0 Å². The van der Waals surface area contributed by atoms with Crippen LogP contribution in [0.3, 0.4) is 0 Å². The van der Waals surface area contributed by atoms with Crippen molar-refractivity contribution in [3.63, 3.8) is 0 Å². The lowest BCUT2D eigenvalue weighted by Crippen LogP contribution is -2.43. The lowest BCUT2D eigenvalue weighted by molar-refractivity contribution is -0.384. The number of nitro groups is 1. The number of aliphatic hydroxyl groups is 1. The van der Waals surface area contributed by atoms with Gasteiger partial charge < -0.3 is 15.2 Å². The van der Waals surface area contributed by atoms with Gasteiger partial charge in [0.2, 0.25) is 0 Å². The largest absolute Gasteiger partial charge is 0.386 e. The Morgan fingerprint density at radius 3 is 2.95 bits per heavy atom. The van der Waals surface area contributed by atoms with E-state index in [0.717, 1.165) is 0 Å². The fourth-order valence-electron chi connectivity index (χ4n) is 1.88. The molecule has 1 heterocycles. The second-order valence-electron chi connectivity index (χ2n) is 4.63. The van der Waals surface area contributed by atoms with Gasteiger partial charge in [-0.3, -0.25) is 14.9 Å². The van der Waals surface area contributed by atoms with E-state index in [-0.39, 0.29) is 24.4 Å². The Bertz CT molecular complexity index is 543. The number of carbonyl (C=O) groups excluding carboxylic acids is 1. The predicted molar refractivity (Wildman–Crippen MR) is 73.5 cm³/mol. The monoisotopic (exact) mass is 344 g/mol. The highest BCUT2D eigenvalue weighted by atomic mass is 79.9. The summed E-state index contributed by atoms with van der Waals surface area (Å²) in [7, 11) is 0. The van der Waals surface area contributed by atoms with Crippen molar-refractivity contribution < 1.29 is 19.6 Å². The van der Waals surface area contributed by atoms with Gasteiger partial charge >= 0.3 is 0 Å². The SMILES string of the molecule is O=C(NCC1(O)CCOC1)c1cc([N+](=O)[O-])ccc1Br. The minimum atomic E-state index is -1.07. The Kier molecular flexibility index (Phi) is 4.36. The van der Waals surface area contributed by atoms with E-state index in [9.17, 15) is 20.0 Å². The quantitative estimate of drug-likeness (QED) is 0.631. The molecule has 2 N–H and O–H groups in total. The fourth-order valence-corrected chi connectivity index (χ4v) is 2.30. The summed E-state index contributed by atoms with van der Waals surface area (Å²) < 4.78 is 5.53. The fraction of sp³-hybridized carbons (Fsp3) is 0.417. The summed E-state index contributed by atoms with van der Waals surface area (Å²) in [5, 5.41) is 23.3. The van der Waals surface area contributed by atoms with Gasteiger partial charge in [0.25, 0.3) is 11.6 Å². The maximum absolute atomic E-state index is 12.0. The molecule has 0 bridgehead atoms. The number of ether oxygens (including phenoxy) is 1. The summed E-state index contributed by atoms with van der Waals surface area (Å²) in [6.07, 6.45) is 0.448. The van der Waals surface area contributed by atoms with Crippen molar-refractivity contribution in [1.82, 2.24) is 5.32 Å². The van der Waals surface area contributed by atoms with Crippen LogP contribution in [0.1, 0.15) is 16.8 Å². The van der Waals surface area contributed by atoms with Crippen LogP contribution in [-0.2, 0) is 4.74 Å². The normalized spacial score (nSPS) is 21.7. The Hall–Kier alpha value is -1.51. The van der Waals surface area contributed by atoms with Crippen LogP contribution in [0.4, 0.5) is 5.69 Å². The summed E-state index contributed by atoms with van der Waals surface area (Å²) in [4.78, 5) is 22.2. The number of nitro benzene ring substituents is 1. The van der Waals surface area contributed by atoms with E-state index in [2.05, 4.69) is 21.2 Å². The highest BCUT2D eigenvalue weighted by molar-refractivity contribution is 9.10. The molecule has 7 nitrogen and oxygen atoms in total. The average molecular weight is 345 g/mol. The molecule has 1 unspecified atom stereocenters. The van der Waals surface area contributed by atoms with Crippen molar-refractivity contribution in [2.75, 3.05) is 19.8 Å². The van der Waals surface area contributed by atoms with Gasteiger partial charge in [0.05, 0.1) is 17.1 Å². The van der Waals surface area contributed by atoms with E-state index in [4.69, 9.17) is 4.74 Å². The lowest BCUT2D eigenvalue weighted by atomic mass is 10.0. The van der Waals surface area contributed by atoms with Crippen molar-refractivity contribution in [3.8, 4) is 0 Å². The van der Waals surface area contributed by atoms with Crippen molar-refractivity contribution in [1.29, 1.82) is 0 Å². The van der Waals surface area contributed by atoms with Crippen LogP contribution in [0, 0.1) is 10.1 Å². The molecule has 0 aromatic heterocycles. The zero-order valence-electron chi connectivity index (χ0n) is 10.5. The van der Waals surface area contributed by atoms with Crippen molar-refractivity contribution in [2.45, 2.75) is 12.0 Å². The first-order chi connectivity index (χ1) is 9.41. The molecule has 8 heteroatoms. The number of amides is 1. The van der Waals surface area contributed by atoms with Crippen LogP contribution < -0.4 is 5.32 Å². The van der Waals surface area contributed by atoms with Crippen LogP contribution in [0.15, 0.2) is 22.7 Å². The molecule has 0 radical (unpaired) electrons. The third-order valence-corrected chi connectivity index (χ3v) is 3.76. The molecular formula is C12H13BrN2O5. The van der Waals surface area contributed by atoms with Crippen LogP contribution in [0.25, 0.3) is 0 Å². The Morgan fingerprint density at radius 2 is 2.35 bits per heavy atom. The second-order valence-corrected chi connectivity index (χ2v) is 5.49. The summed E-state index contributed by atoms with van der Waals surface area (Å²) in [5.74, 6) is -0.485. The topological polar surface area (TPSA) is 102 Å². The van der Waals surface area contributed by atoms with Gasteiger partial charge in [0.1, 0.15) is 5.60 Å². The molecule has 1 aromatic rings. The van der Waals surface area contributed by atoms with Crippen LogP contribution >= 0.6 is 15.9 Å². The highest BCUT2D eigenvalue weighted by Crippen LogP contribution is 2.23. The molecule has 20 heavy (non-hydrogen) atoms. The molecule has 1 fully saturated rings. The van der Waals surface area contributed by atoms with E-state index >= 15 is 0 Å². The lowest BCUT2D eigenvalue weighted by Gasteiger charge is -2.20. The Morgan fingerprint density at radius 1 is 1.60 bits per heavy atom. The molecule has 108 valence electrons. The molecule has 1 aromatic carbocycles. The first-order valence-electron chi connectivity index (χ1n) is 5.94. The number of halogens is 1. The molecule has 1 aliphatic rings. The van der Waals surface area contributed by atoms with Crippen molar-refractivity contribution >= 4 is 27.5 Å². The summed E-state index contributed by atoms with van der Waals surface area (Å²) in [6.45, 7) is 0.664. The first-order valence-corrected chi connectivity index (χ1v) is 6.73. The first kappa shape index (κ1) is 14.9. The standard InChI is InChI=1S/C12H13BrN2O5/c13-10-2-1-8(15(18)19)5-9(10)11(16)14-6-12(17)3-4-20-7-12/h1-2,5,17H,3-4,6-7H2,(H,14,16). The van der Waals surface area contributed by atoms with E-state index in [1.165, 1.54) is 18.2 Å². The number of nitrogens with zero attached hydrogens (tertiary/aromatic N) is 1. The maximum Gasteiger partial charge on any atom is 0.270 e. The van der Waals surface area contributed by atoms with E-state index in [1.807, 2.05) is 0 Å². The van der Waals surface area contributed by atoms with Gasteiger partial charge in [-0.25, -0.2) is 0 Å². The number of hydrogen-bond acceptors (Lipinski definition) is 5. The number of hydrogen-bond donors (Lipinski definition) is 2. The minimum Gasteiger partial charge on any atom is -0.386 e. The average Bonchev–Trinajstić information content (AvgIpc) is 2.84. The maximum atomic E-state index is 12.0. The van der Waals surface area contributed by atoms with Gasteiger partial charge in [-0.05, 0) is 22.0 Å². The number of rotatable bonds is 4. The van der Waals surface area contributed by atoms with E-state index in [0.29, 0.717) is 17.5 Å². The second kappa shape index (κ2) is 5.86. The molecule has 2 rings (SSSR count). The van der Waals surface area contributed by atoms with Gasteiger partial charge in [-0.1, -0.05) is 0 Å². The van der Waals surface area contributed by atoms with Crippen LogP contribution in [-0.4, -0.2) is 41.3 Å². The van der Waals surface area contributed by atoms with E-state index in [1.54, 1.807) is 0 Å². The van der Waals surface area contributed by atoms with Crippen molar-refractivity contribution in [2.24, 2.45) is 0 Å². The number of benzene rings is 1. The Balaban J connectivity index is 2.08. The van der Waals surface area contributed by atoms with Crippen LogP contribution in [0.5, 0.6) is 0 Å². The van der Waals surface area contributed by atoms with Gasteiger partial charge in [0.15, 0.2) is 0 Å². The predicted octanol–water partition coefficient (Wildman–Crippen LogP) is 1.24. The zero-order chi connectivity index (χ0) is 14.8. The molecule has 1 amide bonds. The molecule has 0 spiro atoms. The van der Waals surface area contributed by atoms with Crippen LogP contribution in [0.2, 0.25) is 0 Å². The smallest absolute Gasteiger partial charge is 0.270 e.